The van der Waals surface area contributed by atoms with Gasteiger partial charge in [0.1, 0.15) is 12.4 Å². The molecule has 2 aliphatic heterocycles. The highest BCUT2D eigenvalue weighted by molar-refractivity contribution is 6.30. The molecular weight excluding hydrogens is 440 g/mol. The van der Waals surface area contributed by atoms with E-state index >= 15 is 0 Å². The molecule has 0 atom stereocenters. The number of benzene rings is 2. The van der Waals surface area contributed by atoms with Crippen molar-refractivity contribution in [1.29, 1.82) is 0 Å². The number of aliphatic hydroxyl groups is 1. The smallest absolute Gasteiger partial charge is 0.273 e. The molecule has 2 aromatic carbocycles. The molecule has 0 saturated carbocycles. The first-order valence-corrected chi connectivity index (χ1v) is 11.4. The lowest BCUT2D eigenvalue weighted by atomic mass is 9.90. The van der Waals surface area contributed by atoms with Crippen LogP contribution < -0.4 is 5.43 Å². The second kappa shape index (κ2) is 8.57. The standard InChI is InChI=1S/C25H25ClN4O3/c26-21-8-6-18(7-9-21)19-3-1-4-20(15-19)23(31)28-13-10-25(33,11-14-28)16-29-17-27-30-12-2-5-22(30)24(29)32/h1-9,12,15,27,33H,10-11,13-14,16-17H2. The third kappa shape index (κ3) is 4.34. The van der Waals surface area contributed by atoms with Crippen molar-refractivity contribution in [3.05, 3.63) is 83.1 Å². The molecular formula is C25H25ClN4O3. The van der Waals surface area contributed by atoms with Gasteiger partial charge in [0.05, 0.1) is 12.1 Å². The Bertz CT molecular complexity index is 1180. The summed E-state index contributed by atoms with van der Waals surface area (Å²) in [4.78, 5) is 29.2. The Kier molecular flexibility index (Phi) is 5.60. The zero-order chi connectivity index (χ0) is 23.0. The monoisotopic (exact) mass is 464 g/mol. The van der Waals surface area contributed by atoms with E-state index in [2.05, 4.69) is 5.43 Å². The minimum absolute atomic E-state index is 0.0543. The Balaban J connectivity index is 1.23. The van der Waals surface area contributed by atoms with Gasteiger partial charge in [-0.25, -0.2) is 0 Å². The van der Waals surface area contributed by atoms with Crippen molar-refractivity contribution >= 4 is 23.4 Å². The van der Waals surface area contributed by atoms with E-state index in [-0.39, 0.29) is 18.4 Å². The first kappa shape index (κ1) is 21.6. The molecule has 8 heteroatoms. The van der Waals surface area contributed by atoms with Crippen LogP contribution in [0.2, 0.25) is 5.02 Å². The van der Waals surface area contributed by atoms with Gasteiger partial charge in [-0.05, 0) is 60.4 Å². The molecule has 33 heavy (non-hydrogen) atoms. The van der Waals surface area contributed by atoms with Crippen LogP contribution in [0.25, 0.3) is 11.1 Å². The Labute approximate surface area is 197 Å². The van der Waals surface area contributed by atoms with Gasteiger partial charge in [-0.15, -0.1) is 0 Å². The summed E-state index contributed by atoms with van der Waals surface area (Å²) in [5, 5.41) is 11.8. The molecule has 0 aliphatic carbocycles. The Morgan fingerprint density at radius 1 is 1.03 bits per heavy atom. The Morgan fingerprint density at radius 3 is 2.55 bits per heavy atom. The third-order valence-corrected chi connectivity index (χ3v) is 6.69. The van der Waals surface area contributed by atoms with Crippen LogP contribution in [0.3, 0.4) is 0 Å². The van der Waals surface area contributed by atoms with Crippen LogP contribution in [-0.4, -0.2) is 63.3 Å². The summed E-state index contributed by atoms with van der Waals surface area (Å²) in [5.41, 5.74) is 5.23. The van der Waals surface area contributed by atoms with Crippen LogP contribution in [0.1, 0.15) is 33.7 Å². The van der Waals surface area contributed by atoms with Gasteiger partial charge in [0, 0.05) is 29.9 Å². The van der Waals surface area contributed by atoms with E-state index in [0.29, 0.717) is 48.9 Å². The predicted molar refractivity (Wildman–Crippen MR) is 127 cm³/mol. The normalized spacial score (nSPS) is 17.5. The minimum atomic E-state index is -1.02. The van der Waals surface area contributed by atoms with Crippen LogP contribution in [0, 0.1) is 0 Å². The van der Waals surface area contributed by atoms with Crippen molar-refractivity contribution in [2.45, 2.75) is 18.4 Å². The number of amides is 2. The highest BCUT2D eigenvalue weighted by Gasteiger charge is 2.38. The van der Waals surface area contributed by atoms with Crippen molar-refractivity contribution in [3.8, 4) is 11.1 Å². The van der Waals surface area contributed by atoms with Gasteiger partial charge in [0.2, 0.25) is 0 Å². The van der Waals surface area contributed by atoms with Gasteiger partial charge >= 0.3 is 0 Å². The molecule has 170 valence electrons. The molecule has 3 aromatic rings. The van der Waals surface area contributed by atoms with Crippen LogP contribution in [0.5, 0.6) is 0 Å². The number of carbonyl (C=O) groups excluding carboxylic acids is 2. The van der Waals surface area contributed by atoms with Crippen LogP contribution >= 0.6 is 11.6 Å². The lowest BCUT2D eigenvalue weighted by Crippen LogP contribution is -2.56. The van der Waals surface area contributed by atoms with Gasteiger partial charge in [-0.2, -0.15) is 0 Å². The summed E-state index contributed by atoms with van der Waals surface area (Å²) in [5.74, 6) is -0.161. The van der Waals surface area contributed by atoms with E-state index in [1.165, 1.54) is 0 Å². The minimum Gasteiger partial charge on any atom is -0.388 e. The fourth-order valence-corrected chi connectivity index (χ4v) is 4.64. The first-order chi connectivity index (χ1) is 15.9. The number of β-amino-alcohol motifs (C(OH)–C–C–N with tert-alkyl or cyclic N) is 1. The van der Waals surface area contributed by atoms with Crippen molar-refractivity contribution in [3.63, 3.8) is 0 Å². The summed E-state index contributed by atoms with van der Waals surface area (Å²) < 4.78 is 1.70. The van der Waals surface area contributed by atoms with Gasteiger partial charge in [0.15, 0.2) is 0 Å². The van der Waals surface area contributed by atoms with Crippen molar-refractivity contribution in [2.24, 2.45) is 0 Å². The predicted octanol–water partition coefficient (Wildman–Crippen LogP) is 3.43. The summed E-state index contributed by atoms with van der Waals surface area (Å²) in [6.07, 6.45) is 2.63. The summed E-state index contributed by atoms with van der Waals surface area (Å²) >= 11 is 5.98. The lowest BCUT2D eigenvalue weighted by molar-refractivity contribution is -0.0369. The molecule has 7 nitrogen and oxygen atoms in total. The maximum absolute atomic E-state index is 13.1. The molecule has 5 rings (SSSR count). The van der Waals surface area contributed by atoms with Crippen molar-refractivity contribution in [2.75, 3.05) is 31.7 Å². The average molecular weight is 465 g/mol. The topological polar surface area (TPSA) is 77.8 Å². The Morgan fingerprint density at radius 2 is 1.79 bits per heavy atom. The first-order valence-electron chi connectivity index (χ1n) is 11.0. The molecule has 2 N–H and O–H groups in total. The lowest BCUT2D eigenvalue weighted by Gasteiger charge is -2.42. The van der Waals surface area contributed by atoms with Gasteiger partial charge < -0.3 is 20.3 Å². The number of aromatic nitrogens is 1. The van der Waals surface area contributed by atoms with E-state index in [1.807, 2.05) is 54.6 Å². The highest BCUT2D eigenvalue weighted by atomic mass is 35.5. The second-order valence-corrected chi connectivity index (χ2v) is 9.12. The molecule has 0 unspecified atom stereocenters. The van der Waals surface area contributed by atoms with Gasteiger partial charge in [0.25, 0.3) is 11.8 Å². The average Bonchev–Trinajstić information content (AvgIpc) is 3.31. The number of halogens is 1. The van der Waals surface area contributed by atoms with Crippen molar-refractivity contribution in [1.82, 2.24) is 14.5 Å². The fraction of sp³-hybridized carbons (Fsp3) is 0.280. The third-order valence-electron chi connectivity index (χ3n) is 6.44. The van der Waals surface area contributed by atoms with Gasteiger partial charge in [-0.1, -0.05) is 35.9 Å². The summed E-state index contributed by atoms with van der Waals surface area (Å²) in [6, 6.07) is 18.6. The molecule has 3 heterocycles. The zero-order valence-corrected chi connectivity index (χ0v) is 18.8. The SMILES string of the molecule is O=C(c1cccc(-c2ccc(Cl)cc2)c1)N1CCC(O)(CN2CNn3cccc3C2=O)CC1. The molecule has 0 spiro atoms. The number of nitrogens with one attached hydrogen (secondary N) is 1. The number of piperidine rings is 1. The van der Waals surface area contributed by atoms with Crippen LogP contribution in [-0.2, 0) is 0 Å². The molecule has 2 amide bonds. The van der Waals surface area contributed by atoms with E-state index in [9.17, 15) is 14.7 Å². The maximum Gasteiger partial charge on any atom is 0.273 e. The summed E-state index contributed by atoms with van der Waals surface area (Å²) in [7, 11) is 0. The number of nitrogens with zero attached hydrogens (tertiary/aromatic N) is 3. The Hall–Kier alpha value is -3.29. The van der Waals surface area contributed by atoms with Crippen LogP contribution in [0.4, 0.5) is 0 Å². The van der Waals surface area contributed by atoms with E-state index in [0.717, 1.165) is 11.1 Å². The molecule has 1 fully saturated rings. The number of carbonyl (C=O) groups is 2. The zero-order valence-electron chi connectivity index (χ0n) is 18.1. The number of hydrogen-bond acceptors (Lipinski definition) is 4. The number of fused-ring (bicyclic) bond motifs is 1. The van der Waals surface area contributed by atoms with Crippen LogP contribution in [0.15, 0.2) is 66.9 Å². The summed E-state index contributed by atoms with van der Waals surface area (Å²) in [6.45, 7) is 1.44. The van der Waals surface area contributed by atoms with E-state index in [4.69, 9.17) is 11.6 Å². The number of likely N-dealkylation sites (tertiary alicyclic amines) is 1. The fourth-order valence-electron chi connectivity index (χ4n) is 4.51. The van der Waals surface area contributed by atoms with E-state index in [1.54, 1.807) is 26.7 Å². The van der Waals surface area contributed by atoms with Crippen molar-refractivity contribution < 1.29 is 14.7 Å². The van der Waals surface area contributed by atoms with E-state index < -0.39 is 5.60 Å². The number of rotatable bonds is 4. The maximum atomic E-state index is 13.1. The second-order valence-electron chi connectivity index (χ2n) is 8.69. The molecule has 2 aliphatic rings. The molecule has 1 saturated heterocycles. The van der Waals surface area contributed by atoms with Gasteiger partial charge in [-0.3, -0.25) is 14.3 Å². The molecule has 0 radical (unpaired) electrons. The largest absolute Gasteiger partial charge is 0.388 e. The molecule has 0 bridgehead atoms. The number of hydrogen-bond donors (Lipinski definition) is 2. The highest BCUT2D eigenvalue weighted by Crippen LogP contribution is 2.27. The molecule has 1 aromatic heterocycles. The quantitative estimate of drug-likeness (QED) is 0.620.